The number of aliphatic hydroxyl groups excluding tert-OH is 1. The maximum atomic E-state index is 13.2. The van der Waals surface area contributed by atoms with Crippen LogP contribution in [0.5, 0.6) is 0 Å². The van der Waals surface area contributed by atoms with Crippen LogP contribution in [-0.2, 0) is 4.79 Å². The van der Waals surface area contributed by atoms with Crippen LogP contribution < -0.4 is 0 Å². The molecule has 28 heavy (non-hydrogen) atoms. The maximum absolute atomic E-state index is 13.2. The van der Waals surface area contributed by atoms with Crippen molar-refractivity contribution in [3.8, 4) is 11.1 Å². The Morgan fingerprint density at radius 2 is 1.64 bits per heavy atom. The molecule has 1 amide bonds. The van der Waals surface area contributed by atoms with Crippen molar-refractivity contribution in [2.24, 2.45) is 0 Å². The molecular weight excluding hydrogens is 355 g/mol. The van der Waals surface area contributed by atoms with E-state index in [1.807, 2.05) is 4.90 Å². The molecule has 2 heterocycles. The predicted molar refractivity (Wildman–Crippen MR) is 107 cm³/mol. The minimum Gasteiger partial charge on any atom is -0.395 e. The Labute approximate surface area is 165 Å². The highest BCUT2D eigenvalue weighted by Gasteiger charge is 2.49. The molecule has 2 aromatic rings. The second-order valence-electron chi connectivity index (χ2n) is 7.88. The zero-order valence-corrected chi connectivity index (χ0v) is 16.2. The molecule has 2 aromatic carbocycles. The number of carbonyl (C=O) groups excluding carboxylic acids is 1. The van der Waals surface area contributed by atoms with E-state index in [2.05, 4.69) is 29.2 Å². The van der Waals surface area contributed by atoms with Crippen molar-refractivity contribution in [3.63, 3.8) is 0 Å². The van der Waals surface area contributed by atoms with E-state index in [-0.39, 0.29) is 36.3 Å². The van der Waals surface area contributed by atoms with Crippen LogP contribution in [0.25, 0.3) is 11.1 Å². The summed E-state index contributed by atoms with van der Waals surface area (Å²) in [5.74, 6) is 0.104. The summed E-state index contributed by atoms with van der Waals surface area (Å²) in [6, 6.07) is 15.2. The number of aliphatic hydroxyl groups is 1. The quantitative estimate of drug-likeness (QED) is 0.886. The minimum atomic E-state index is -0.236. The lowest BCUT2D eigenvalue weighted by Gasteiger charge is -2.57. The fraction of sp³-hybridized carbons (Fsp3) is 0.435. The second kappa shape index (κ2) is 8.02. The molecule has 2 aliphatic heterocycles. The lowest BCUT2D eigenvalue weighted by Crippen LogP contribution is -2.67. The van der Waals surface area contributed by atoms with Gasteiger partial charge in [-0.2, -0.15) is 0 Å². The summed E-state index contributed by atoms with van der Waals surface area (Å²) in [6.45, 7) is 4.28. The van der Waals surface area contributed by atoms with Crippen LogP contribution in [0, 0.1) is 5.82 Å². The van der Waals surface area contributed by atoms with Crippen LogP contribution in [0.4, 0.5) is 4.39 Å². The van der Waals surface area contributed by atoms with E-state index in [1.165, 1.54) is 17.7 Å². The molecule has 0 aromatic heterocycles. The van der Waals surface area contributed by atoms with Crippen LogP contribution >= 0.6 is 0 Å². The van der Waals surface area contributed by atoms with Crippen molar-refractivity contribution in [1.29, 1.82) is 0 Å². The van der Waals surface area contributed by atoms with Gasteiger partial charge in [0.1, 0.15) is 5.82 Å². The van der Waals surface area contributed by atoms with Crippen LogP contribution in [0.15, 0.2) is 48.5 Å². The lowest BCUT2D eigenvalue weighted by atomic mass is 9.74. The highest BCUT2D eigenvalue weighted by Crippen LogP contribution is 2.42. The predicted octanol–water partition coefficient (Wildman–Crippen LogP) is 3.26. The van der Waals surface area contributed by atoms with Gasteiger partial charge in [0, 0.05) is 38.0 Å². The average Bonchev–Trinajstić information content (AvgIpc) is 2.67. The van der Waals surface area contributed by atoms with E-state index in [4.69, 9.17) is 0 Å². The highest BCUT2D eigenvalue weighted by molar-refractivity contribution is 5.73. The SMILES string of the molecule is CC(=O)N1CCCCN2[C@H](CO)[C@@H](c3ccc(-c4ccc(F)cc4)cc3)[C@H]2C1. The third-order valence-electron chi connectivity index (χ3n) is 6.29. The smallest absolute Gasteiger partial charge is 0.219 e. The Kier molecular flexibility index (Phi) is 5.47. The lowest BCUT2D eigenvalue weighted by molar-refractivity contribution is -0.134. The first-order valence-electron chi connectivity index (χ1n) is 10.1. The number of hydrogen-bond acceptors (Lipinski definition) is 3. The first-order valence-corrected chi connectivity index (χ1v) is 10.1. The zero-order chi connectivity index (χ0) is 19.7. The third-order valence-corrected chi connectivity index (χ3v) is 6.29. The van der Waals surface area contributed by atoms with Crippen LogP contribution in [0.3, 0.4) is 0 Å². The van der Waals surface area contributed by atoms with Crippen molar-refractivity contribution in [3.05, 3.63) is 59.9 Å². The molecular formula is C23H27FN2O2. The van der Waals surface area contributed by atoms with Gasteiger partial charge in [-0.3, -0.25) is 9.69 Å². The Morgan fingerprint density at radius 1 is 1.04 bits per heavy atom. The van der Waals surface area contributed by atoms with Crippen molar-refractivity contribution >= 4 is 5.91 Å². The van der Waals surface area contributed by atoms with Gasteiger partial charge in [0.25, 0.3) is 0 Å². The number of benzene rings is 2. The topological polar surface area (TPSA) is 43.8 Å². The van der Waals surface area contributed by atoms with Crippen LogP contribution in [-0.4, -0.2) is 59.1 Å². The molecule has 0 aliphatic carbocycles. The number of rotatable bonds is 3. The van der Waals surface area contributed by atoms with Gasteiger partial charge in [0.2, 0.25) is 5.91 Å². The largest absolute Gasteiger partial charge is 0.395 e. The van der Waals surface area contributed by atoms with E-state index >= 15 is 0 Å². The van der Waals surface area contributed by atoms with Crippen LogP contribution in [0.1, 0.15) is 31.2 Å². The van der Waals surface area contributed by atoms with Crippen molar-refractivity contribution < 1.29 is 14.3 Å². The molecule has 2 aliphatic rings. The molecule has 0 radical (unpaired) electrons. The van der Waals surface area contributed by atoms with E-state index < -0.39 is 0 Å². The first-order chi connectivity index (χ1) is 13.6. The van der Waals surface area contributed by atoms with E-state index in [9.17, 15) is 14.3 Å². The molecule has 0 unspecified atom stereocenters. The molecule has 0 saturated carbocycles. The number of hydrogen-bond donors (Lipinski definition) is 1. The van der Waals surface area contributed by atoms with Gasteiger partial charge in [0.05, 0.1) is 6.61 Å². The van der Waals surface area contributed by atoms with Gasteiger partial charge in [-0.25, -0.2) is 4.39 Å². The van der Waals surface area contributed by atoms with Gasteiger partial charge in [-0.15, -0.1) is 0 Å². The summed E-state index contributed by atoms with van der Waals surface area (Å²) in [5, 5.41) is 9.99. The third kappa shape index (κ3) is 3.56. The summed E-state index contributed by atoms with van der Waals surface area (Å²) in [4.78, 5) is 16.3. The molecule has 2 fully saturated rings. The molecule has 4 nitrogen and oxygen atoms in total. The fourth-order valence-corrected chi connectivity index (χ4v) is 4.77. The number of amides is 1. The molecule has 5 heteroatoms. The van der Waals surface area contributed by atoms with Gasteiger partial charge in [-0.05, 0) is 48.2 Å². The fourth-order valence-electron chi connectivity index (χ4n) is 4.77. The molecule has 4 rings (SSSR count). The Balaban J connectivity index is 1.57. The Morgan fingerprint density at radius 3 is 2.25 bits per heavy atom. The molecule has 2 saturated heterocycles. The summed E-state index contributed by atoms with van der Waals surface area (Å²) in [5.41, 5.74) is 3.22. The number of halogens is 1. The number of carbonyl (C=O) groups is 1. The second-order valence-corrected chi connectivity index (χ2v) is 7.88. The van der Waals surface area contributed by atoms with Gasteiger partial charge >= 0.3 is 0 Å². The van der Waals surface area contributed by atoms with Crippen molar-refractivity contribution in [2.45, 2.75) is 37.8 Å². The van der Waals surface area contributed by atoms with E-state index in [0.717, 1.165) is 43.6 Å². The van der Waals surface area contributed by atoms with Gasteiger partial charge in [0.15, 0.2) is 0 Å². The van der Waals surface area contributed by atoms with E-state index in [1.54, 1.807) is 19.1 Å². The summed E-state index contributed by atoms with van der Waals surface area (Å²) in [7, 11) is 0. The number of nitrogens with zero attached hydrogens (tertiary/aromatic N) is 2. The molecule has 0 spiro atoms. The molecule has 3 atom stereocenters. The zero-order valence-electron chi connectivity index (χ0n) is 16.2. The summed E-state index contributed by atoms with van der Waals surface area (Å²) in [6.07, 6.45) is 2.06. The van der Waals surface area contributed by atoms with Gasteiger partial charge in [-0.1, -0.05) is 36.4 Å². The van der Waals surface area contributed by atoms with Crippen LogP contribution in [0.2, 0.25) is 0 Å². The van der Waals surface area contributed by atoms with Gasteiger partial charge < -0.3 is 10.0 Å². The Hall–Kier alpha value is -2.24. The Bertz CT molecular complexity index is 822. The maximum Gasteiger partial charge on any atom is 0.219 e. The standard InChI is InChI=1S/C23H27FN2O2/c1-16(28)25-12-2-3-13-26-21(14-25)23(22(26)15-27)19-6-4-17(5-7-19)18-8-10-20(24)11-9-18/h4-11,21-23,27H,2-3,12-15H2,1H3/t21-,22-,23+/m1/s1. The normalized spacial score (nSPS) is 25.4. The summed E-state index contributed by atoms with van der Waals surface area (Å²) >= 11 is 0. The highest BCUT2D eigenvalue weighted by atomic mass is 19.1. The molecule has 0 bridgehead atoms. The van der Waals surface area contributed by atoms with Crippen molar-refractivity contribution in [1.82, 2.24) is 9.80 Å². The van der Waals surface area contributed by atoms with E-state index in [0.29, 0.717) is 0 Å². The number of fused-ring (bicyclic) bond motifs is 1. The van der Waals surface area contributed by atoms with Crippen molar-refractivity contribution in [2.75, 3.05) is 26.2 Å². The molecule has 1 N–H and O–H groups in total. The summed E-state index contributed by atoms with van der Waals surface area (Å²) < 4.78 is 13.2. The average molecular weight is 382 g/mol. The monoisotopic (exact) mass is 382 g/mol. The first kappa shape index (κ1) is 19.1. The molecule has 148 valence electrons. The minimum absolute atomic E-state index is 0.105.